The minimum Gasteiger partial charge on any atom is -0.443 e. The zero-order valence-corrected chi connectivity index (χ0v) is 20.5. The van der Waals surface area contributed by atoms with Gasteiger partial charge >= 0.3 is 6.09 Å². The molecule has 2 heterocycles. The maximum atomic E-state index is 13.1. The summed E-state index contributed by atoms with van der Waals surface area (Å²) in [5.41, 5.74) is -0.227. The van der Waals surface area contributed by atoms with Crippen LogP contribution < -0.4 is 9.80 Å². The summed E-state index contributed by atoms with van der Waals surface area (Å²) in [6.07, 6.45) is 2.83. The van der Waals surface area contributed by atoms with E-state index in [0.717, 1.165) is 25.2 Å². The van der Waals surface area contributed by atoms with Crippen LogP contribution >= 0.6 is 11.6 Å². The maximum Gasteiger partial charge on any atom is 0.415 e. The van der Waals surface area contributed by atoms with Crippen LogP contribution in [0.4, 0.5) is 16.3 Å². The summed E-state index contributed by atoms with van der Waals surface area (Å²) in [5, 5.41) is 8.47. The average Bonchev–Trinajstić information content (AvgIpc) is 2.78. The van der Waals surface area contributed by atoms with Crippen LogP contribution in [0.2, 0.25) is 5.02 Å². The van der Waals surface area contributed by atoms with Gasteiger partial charge in [-0.25, -0.2) is 4.79 Å². The number of nitrogens with zero attached hydrogens (tertiary/aromatic N) is 5. The van der Waals surface area contributed by atoms with Crippen LogP contribution in [0.1, 0.15) is 33.6 Å². The third kappa shape index (κ3) is 7.05. The Morgan fingerprint density at radius 1 is 1.15 bits per heavy atom. The molecule has 1 aliphatic rings. The summed E-state index contributed by atoms with van der Waals surface area (Å²) in [4.78, 5) is 31.2. The first-order valence-corrected chi connectivity index (χ1v) is 11.5. The second-order valence-corrected chi connectivity index (χ2v) is 9.71. The fourth-order valence-electron chi connectivity index (χ4n) is 3.81. The molecule has 33 heavy (non-hydrogen) atoms. The van der Waals surface area contributed by atoms with Crippen molar-refractivity contribution in [2.75, 3.05) is 43.0 Å². The Balaban J connectivity index is 1.61. The molecule has 3 rings (SSSR count). The van der Waals surface area contributed by atoms with E-state index in [2.05, 4.69) is 15.1 Å². The number of likely N-dealkylation sites (tertiary alicyclic amines) is 1. The topological polar surface area (TPSA) is 78.9 Å². The summed E-state index contributed by atoms with van der Waals surface area (Å²) >= 11 is 6.33. The number of hydrogen-bond acceptors (Lipinski definition) is 6. The third-order valence-electron chi connectivity index (χ3n) is 5.50. The molecule has 1 saturated heterocycles. The zero-order valence-electron chi connectivity index (χ0n) is 19.7. The summed E-state index contributed by atoms with van der Waals surface area (Å²) in [6, 6.07) is 10.8. The van der Waals surface area contributed by atoms with Crippen molar-refractivity contribution < 1.29 is 14.3 Å². The van der Waals surface area contributed by atoms with Crippen molar-refractivity contribution in [3.05, 3.63) is 47.6 Å². The lowest BCUT2D eigenvalue weighted by Crippen LogP contribution is -2.48. The summed E-state index contributed by atoms with van der Waals surface area (Å²) in [7, 11) is 2.00. The van der Waals surface area contributed by atoms with E-state index < -0.39 is 11.7 Å². The van der Waals surface area contributed by atoms with Crippen LogP contribution in [0, 0.1) is 5.92 Å². The first kappa shape index (κ1) is 24.8. The van der Waals surface area contributed by atoms with Crippen LogP contribution in [-0.2, 0) is 9.53 Å². The Labute approximate surface area is 200 Å². The number of piperidine rings is 1. The van der Waals surface area contributed by atoms with Crippen molar-refractivity contribution in [3.63, 3.8) is 0 Å². The monoisotopic (exact) mass is 473 g/mol. The highest BCUT2D eigenvalue weighted by Gasteiger charge is 2.30. The highest BCUT2D eigenvalue weighted by Crippen LogP contribution is 2.27. The summed E-state index contributed by atoms with van der Waals surface area (Å²) in [5.74, 6) is 1.16. The van der Waals surface area contributed by atoms with Crippen molar-refractivity contribution >= 4 is 35.1 Å². The number of carbonyl (C=O) groups is 2. The molecule has 0 aliphatic carbocycles. The van der Waals surface area contributed by atoms with Gasteiger partial charge in [0.2, 0.25) is 5.91 Å². The molecule has 0 unspecified atom stereocenters. The molecule has 0 saturated carbocycles. The highest BCUT2D eigenvalue weighted by atomic mass is 35.5. The average molecular weight is 474 g/mol. The maximum absolute atomic E-state index is 13.1. The van der Waals surface area contributed by atoms with Crippen molar-refractivity contribution in [3.8, 4) is 0 Å². The van der Waals surface area contributed by atoms with Crippen LogP contribution in [0.3, 0.4) is 0 Å². The molecule has 2 amide bonds. The first-order valence-electron chi connectivity index (χ1n) is 11.2. The first-order chi connectivity index (χ1) is 15.6. The Bertz CT molecular complexity index is 943. The van der Waals surface area contributed by atoms with Crippen LogP contribution in [0.15, 0.2) is 42.6 Å². The highest BCUT2D eigenvalue weighted by molar-refractivity contribution is 6.33. The van der Waals surface area contributed by atoms with Crippen molar-refractivity contribution in [2.24, 2.45) is 5.92 Å². The Morgan fingerprint density at radius 3 is 2.45 bits per heavy atom. The van der Waals surface area contributed by atoms with Gasteiger partial charge in [-0.1, -0.05) is 23.7 Å². The fraction of sp³-hybridized carbons (Fsp3) is 0.500. The summed E-state index contributed by atoms with van der Waals surface area (Å²) in [6.45, 7) is 7.39. The van der Waals surface area contributed by atoms with E-state index in [0.29, 0.717) is 29.7 Å². The lowest BCUT2D eigenvalue weighted by Gasteiger charge is -2.35. The number of amides is 2. The number of ether oxygens (including phenoxy) is 1. The van der Waals surface area contributed by atoms with E-state index in [1.54, 1.807) is 51.2 Å². The minimum atomic E-state index is -0.687. The van der Waals surface area contributed by atoms with Gasteiger partial charge in [0.15, 0.2) is 5.82 Å². The molecule has 9 heteroatoms. The van der Waals surface area contributed by atoms with Gasteiger partial charge < -0.3 is 14.5 Å². The lowest BCUT2D eigenvalue weighted by molar-refractivity contribution is -0.131. The molecule has 178 valence electrons. The second kappa shape index (κ2) is 10.8. The van der Waals surface area contributed by atoms with E-state index in [1.165, 1.54) is 4.90 Å². The SMILES string of the molecule is CN(CC1CCN(C(=O)CN(C(=O)OC(C)(C)C)c2ccccc2Cl)CC1)c1cccnn1. The Morgan fingerprint density at radius 2 is 1.85 bits per heavy atom. The molecule has 0 bridgehead atoms. The van der Waals surface area contributed by atoms with Gasteiger partial charge in [-0.15, -0.1) is 5.10 Å². The molecule has 1 aliphatic heterocycles. The van der Waals surface area contributed by atoms with E-state index in [-0.39, 0.29) is 12.5 Å². The number of anilines is 2. The standard InChI is InChI=1S/C24H32ClN5O3/c1-24(2,3)33-23(32)30(20-9-6-5-8-19(20)25)17-22(31)29-14-11-18(12-15-29)16-28(4)21-10-7-13-26-27-21/h5-10,13,18H,11-12,14-17H2,1-4H3. The van der Waals surface area contributed by atoms with E-state index >= 15 is 0 Å². The number of aromatic nitrogens is 2. The Kier molecular flexibility index (Phi) is 8.13. The van der Waals surface area contributed by atoms with Gasteiger partial charge in [0.1, 0.15) is 12.1 Å². The van der Waals surface area contributed by atoms with Crippen molar-refractivity contribution in [2.45, 2.75) is 39.2 Å². The molecule has 0 radical (unpaired) electrons. The van der Waals surface area contributed by atoms with E-state index in [4.69, 9.17) is 16.3 Å². The van der Waals surface area contributed by atoms with Crippen LogP contribution in [0.5, 0.6) is 0 Å². The molecule has 2 aromatic rings. The molecular formula is C24H32ClN5O3. The molecule has 1 aromatic carbocycles. The van der Waals surface area contributed by atoms with Crippen molar-refractivity contribution in [1.82, 2.24) is 15.1 Å². The van der Waals surface area contributed by atoms with Gasteiger partial charge in [-0.05, 0) is 63.8 Å². The van der Waals surface area contributed by atoms with Gasteiger partial charge in [0.05, 0.1) is 10.7 Å². The fourth-order valence-corrected chi connectivity index (χ4v) is 4.05. The van der Waals surface area contributed by atoms with E-state index in [9.17, 15) is 9.59 Å². The number of halogens is 1. The van der Waals surface area contributed by atoms with Crippen LogP contribution in [0.25, 0.3) is 0 Å². The zero-order chi connectivity index (χ0) is 24.0. The quantitative estimate of drug-likeness (QED) is 0.624. The molecule has 1 fully saturated rings. The minimum absolute atomic E-state index is 0.122. The van der Waals surface area contributed by atoms with Crippen molar-refractivity contribution in [1.29, 1.82) is 0 Å². The molecule has 0 spiro atoms. The third-order valence-corrected chi connectivity index (χ3v) is 5.82. The second-order valence-electron chi connectivity index (χ2n) is 9.30. The van der Waals surface area contributed by atoms with Gasteiger partial charge in [-0.2, -0.15) is 5.10 Å². The number of para-hydroxylation sites is 1. The van der Waals surface area contributed by atoms with Crippen LogP contribution in [-0.4, -0.2) is 65.9 Å². The number of hydrogen-bond donors (Lipinski definition) is 0. The molecular weight excluding hydrogens is 442 g/mol. The lowest BCUT2D eigenvalue weighted by atomic mass is 9.96. The largest absolute Gasteiger partial charge is 0.443 e. The normalized spacial score (nSPS) is 14.6. The number of rotatable bonds is 6. The van der Waals surface area contributed by atoms with Gasteiger partial charge in [-0.3, -0.25) is 9.69 Å². The molecule has 0 N–H and O–H groups in total. The number of benzene rings is 1. The molecule has 1 aromatic heterocycles. The summed E-state index contributed by atoms with van der Waals surface area (Å²) < 4.78 is 5.54. The molecule has 8 nitrogen and oxygen atoms in total. The Hall–Kier alpha value is -2.87. The van der Waals surface area contributed by atoms with E-state index in [1.807, 2.05) is 24.1 Å². The predicted octanol–water partition coefficient (Wildman–Crippen LogP) is 4.25. The van der Waals surface area contributed by atoms with Gasteiger partial charge in [0.25, 0.3) is 0 Å². The molecule has 0 atom stereocenters. The number of carbonyl (C=O) groups excluding carboxylic acids is 2. The predicted molar refractivity (Wildman–Crippen MR) is 130 cm³/mol. The van der Waals surface area contributed by atoms with Gasteiger partial charge in [0, 0.05) is 32.9 Å². The smallest absolute Gasteiger partial charge is 0.415 e.